The number of carbonyl (C=O) groups is 3. The Morgan fingerprint density at radius 2 is 1.56 bits per heavy atom. The molecule has 2 unspecified atom stereocenters. The lowest BCUT2D eigenvalue weighted by molar-refractivity contribution is -0.140. The number of hydrogen-bond acceptors (Lipinski definition) is 4. The topological polar surface area (TPSA) is 87.7 Å². The molecule has 0 heterocycles. The maximum atomic E-state index is 14.2. The first kappa shape index (κ1) is 33.2. The van der Waals surface area contributed by atoms with Gasteiger partial charge in [-0.25, -0.2) is 4.79 Å². The Balaban J connectivity index is 1.98. The van der Waals surface area contributed by atoms with E-state index in [2.05, 4.69) is 23.5 Å². The number of ether oxygens (including phenoxy) is 1. The number of carbonyl (C=O) groups excluding carboxylic acids is 3. The molecule has 228 valence electrons. The van der Waals surface area contributed by atoms with Crippen LogP contribution in [0.15, 0.2) is 66.7 Å². The molecule has 2 N–H and O–H groups in total. The largest absolute Gasteiger partial charge is 0.444 e. The van der Waals surface area contributed by atoms with Gasteiger partial charge in [-0.3, -0.25) is 9.59 Å². The predicted molar refractivity (Wildman–Crippen MR) is 174 cm³/mol. The van der Waals surface area contributed by atoms with E-state index in [1.54, 1.807) is 44.7 Å². The Morgan fingerprint density at radius 3 is 2.26 bits per heavy atom. The zero-order valence-corrected chi connectivity index (χ0v) is 26.1. The van der Waals surface area contributed by atoms with Crippen LogP contribution >= 0.6 is 0 Å². The maximum Gasteiger partial charge on any atom is 0.408 e. The summed E-state index contributed by atoms with van der Waals surface area (Å²) in [6.07, 6.45) is 11.2. The number of nitrogens with zero attached hydrogens (tertiary/aromatic N) is 1. The molecule has 0 radical (unpaired) electrons. The van der Waals surface area contributed by atoms with Crippen molar-refractivity contribution in [2.24, 2.45) is 0 Å². The molecule has 3 amide bonds. The third-order valence-electron chi connectivity index (χ3n) is 7.13. The van der Waals surface area contributed by atoms with Crippen LogP contribution in [-0.2, 0) is 14.3 Å². The van der Waals surface area contributed by atoms with Gasteiger partial charge in [0.25, 0.3) is 5.91 Å². The molecule has 3 rings (SSSR count). The predicted octanol–water partition coefficient (Wildman–Crippen LogP) is 7.60. The number of unbranched alkanes of at least 4 members (excludes halogenated alkanes) is 5. The van der Waals surface area contributed by atoms with Crippen molar-refractivity contribution in [3.63, 3.8) is 0 Å². The standard InChI is InChI=1S/C36H45N3O4/c1-7-9-10-11-12-17-24-39(34(41)26(3)37-35(42)43-36(4,5)6)32(31-21-16-15-18-27(31)8-2)33(40)38-30-23-22-28-19-13-14-20-29(28)25-30/h2,13-16,18-23,25-26,32H,7,9-12,17,24H2,1,3-6H3,(H,37,42)(H,38,40). The first-order valence-corrected chi connectivity index (χ1v) is 15.2. The van der Waals surface area contributed by atoms with Crippen molar-refractivity contribution in [3.05, 3.63) is 77.9 Å². The summed E-state index contributed by atoms with van der Waals surface area (Å²) in [4.78, 5) is 42.4. The Bertz CT molecular complexity index is 1440. The van der Waals surface area contributed by atoms with Gasteiger partial charge in [-0.1, -0.05) is 93.5 Å². The molecule has 0 saturated heterocycles. The molecule has 0 spiro atoms. The molecule has 0 aliphatic carbocycles. The SMILES string of the molecule is C#Cc1ccccc1C(C(=O)Nc1ccc2ccccc2c1)N(CCCCCCCC)C(=O)C(C)NC(=O)OC(C)(C)C. The van der Waals surface area contributed by atoms with Crippen LogP contribution in [0.2, 0.25) is 0 Å². The normalized spacial score (nSPS) is 12.6. The molecule has 0 fully saturated rings. The van der Waals surface area contributed by atoms with E-state index in [-0.39, 0.29) is 5.91 Å². The van der Waals surface area contributed by atoms with Gasteiger partial charge in [0.2, 0.25) is 5.91 Å². The molecule has 2 atom stereocenters. The van der Waals surface area contributed by atoms with Crippen molar-refractivity contribution in [3.8, 4) is 12.3 Å². The van der Waals surface area contributed by atoms with Crippen molar-refractivity contribution >= 4 is 34.4 Å². The van der Waals surface area contributed by atoms with E-state index in [0.29, 0.717) is 29.8 Å². The van der Waals surface area contributed by atoms with Crippen LogP contribution in [0.25, 0.3) is 10.8 Å². The first-order chi connectivity index (χ1) is 20.5. The van der Waals surface area contributed by atoms with Gasteiger partial charge < -0.3 is 20.3 Å². The van der Waals surface area contributed by atoms with Gasteiger partial charge in [-0.05, 0) is 68.7 Å². The van der Waals surface area contributed by atoms with Gasteiger partial charge in [0.1, 0.15) is 17.7 Å². The van der Waals surface area contributed by atoms with Gasteiger partial charge in [0, 0.05) is 17.8 Å². The molecular weight excluding hydrogens is 538 g/mol. The molecule has 0 saturated carbocycles. The minimum absolute atomic E-state index is 0.319. The first-order valence-electron chi connectivity index (χ1n) is 15.2. The van der Waals surface area contributed by atoms with E-state index in [0.717, 1.165) is 42.9 Å². The number of fused-ring (bicyclic) bond motifs is 1. The zero-order valence-electron chi connectivity index (χ0n) is 26.1. The number of anilines is 1. The smallest absolute Gasteiger partial charge is 0.408 e. The van der Waals surface area contributed by atoms with Crippen LogP contribution in [-0.4, -0.2) is 41.0 Å². The van der Waals surface area contributed by atoms with E-state index >= 15 is 0 Å². The summed E-state index contributed by atoms with van der Waals surface area (Å²) in [6, 6.07) is 18.8. The third kappa shape index (κ3) is 9.89. The lowest BCUT2D eigenvalue weighted by atomic mass is 9.97. The van der Waals surface area contributed by atoms with Crippen LogP contribution in [0.4, 0.5) is 10.5 Å². The van der Waals surface area contributed by atoms with E-state index < -0.39 is 29.7 Å². The number of rotatable bonds is 13. The Kier molecular flexibility index (Phi) is 12.2. The van der Waals surface area contributed by atoms with Gasteiger partial charge in [0.05, 0.1) is 0 Å². The molecule has 0 aromatic heterocycles. The molecular formula is C36H45N3O4. The van der Waals surface area contributed by atoms with Crippen LogP contribution < -0.4 is 10.6 Å². The van der Waals surface area contributed by atoms with Crippen molar-refractivity contribution in [1.29, 1.82) is 0 Å². The fourth-order valence-corrected chi connectivity index (χ4v) is 5.02. The fourth-order valence-electron chi connectivity index (χ4n) is 5.02. The summed E-state index contributed by atoms with van der Waals surface area (Å²) in [6.45, 7) is 9.36. The van der Waals surface area contributed by atoms with Crippen molar-refractivity contribution in [2.75, 3.05) is 11.9 Å². The Hall–Kier alpha value is -4.31. The van der Waals surface area contributed by atoms with Crippen molar-refractivity contribution in [2.45, 2.75) is 90.8 Å². The average molecular weight is 584 g/mol. The summed E-state index contributed by atoms with van der Waals surface area (Å²) >= 11 is 0. The van der Waals surface area contributed by atoms with Crippen LogP contribution in [0.1, 0.15) is 90.3 Å². The summed E-state index contributed by atoms with van der Waals surface area (Å²) in [5, 5.41) is 7.72. The fraction of sp³-hybridized carbons (Fsp3) is 0.417. The second kappa shape index (κ2) is 15.8. The van der Waals surface area contributed by atoms with E-state index in [4.69, 9.17) is 11.2 Å². The quantitative estimate of drug-likeness (QED) is 0.160. The van der Waals surface area contributed by atoms with E-state index in [1.165, 1.54) is 0 Å². The lowest BCUT2D eigenvalue weighted by Crippen LogP contribution is -2.51. The molecule has 0 aliphatic heterocycles. The molecule has 43 heavy (non-hydrogen) atoms. The van der Waals surface area contributed by atoms with Gasteiger partial charge >= 0.3 is 6.09 Å². The maximum absolute atomic E-state index is 14.2. The number of terminal acetylenes is 1. The highest BCUT2D eigenvalue weighted by molar-refractivity contribution is 6.00. The minimum Gasteiger partial charge on any atom is -0.444 e. The second-order valence-corrected chi connectivity index (χ2v) is 11.9. The van der Waals surface area contributed by atoms with Crippen molar-refractivity contribution in [1.82, 2.24) is 10.2 Å². The highest BCUT2D eigenvalue weighted by Crippen LogP contribution is 2.28. The van der Waals surface area contributed by atoms with E-state index in [9.17, 15) is 14.4 Å². The highest BCUT2D eigenvalue weighted by Gasteiger charge is 2.35. The molecule has 3 aromatic carbocycles. The van der Waals surface area contributed by atoms with E-state index in [1.807, 2.05) is 54.6 Å². The van der Waals surface area contributed by atoms with Gasteiger partial charge in [0.15, 0.2) is 0 Å². The number of amides is 3. The molecule has 7 nitrogen and oxygen atoms in total. The Morgan fingerprint density at radius 1 is 0.907 bits per heavy atom. The Labute approximate surface area is 256 Å². The monoisotopic (exact) mass is 583 g/mol. The van der Waals surface area contributed by atoms with Crippen LogP contribution in [0.3, 0.4) is 0 Å². The lowest BCUT2D eigenvalue weighted by Gasteiger charge is -2.34. The average Bonchev–Trinajstić information content (AvgIpc) is 2.96. The third-order valence-corrected chi connectivity index (χ3v) is 7.13. The number of hydrogen-bond donors (Lipinski definition) is 2. The van der Waals surface area contributed by atoms with Gasteiger partial charge in [-0.15, -0.1) is 6.42 Å². The van der Waals surface area contributed by atoms with Gasteiger partial charge in [-0.2, -0.15) is 0 Å². The van der Waals surface area contributed by atoms with Crippen LogP contribution in [0, 0.1) is 12.3 Å². The molecule has 3 aromatic rings. The summed E-state index contributed by atoms with van der Waals surface area (Å²) in [5.74, 6) is 1.90. The minimum atomic E-state index is -1.02. The summed E-state index contributed by atoms with van der Waals surface area (Å²) in [5.41, 5.74) is 0.958. The molecule has 0 aliphatic rings. The highest BCUT2D eigenvalue weighted by atomic mass is 16.6. The number of alkyl carbamates (subject to hydrolysis) is 1. The van der Waals surface area contributed by atoms with Crippen molar-refractivity contribution < 1.29 is 19.1 Å². The zero-order chi connectivity index (χ0) is 31.4. The second-order valence-electron chi connectivity index (χ2n) is 11.9. The summed E-state index contributed by atoms with van der Waals surface area (Å²) < 4.78 is 5.39. The van der Waals surface area contributed by atoms with Crippen LogP contribution in [0.5, 0.6) is 0 Å². The number of benzene rings is 3. The number of nitrogens with one attached hydrogen (secondary N) is 2. The summed E-state index contributed by atoms with van der Waals surface area (Å²) in [7, 11) is 0. The molecule has 7 heteroatoms. The molecule has 0 bridgehead atoms.